The van der Waals surface area contributed by atoms with Crippen LogP contribution in [0.5, 0.6) is 0 Å². The van der Waals surface area contributed by atoms with E-state index in [2.05, 4.69) is 4.74 Å². The highest BCUT2D eigenvalue weighted by molar-refractivity contribution is 5.56. The lowest BCUT2D eigenvalue weighted by Crippen LogP contribution is -2.58. The van der Waals surface area contributed by atoms with E-state index in [1.54, 1.807) is 0 Å². The third-order valence-corrected chi connectivity index (χ3v) is 3.29. The SMILES string of the molecule is O=C[C@H](O)[C@@H](O)[C@H](O)[C@H](O)CO.OCC1OC(O)C(O)C(O)C1O. The van der Waals surface area contributed by atoms with Gasteiger partial charge in [-0.2, -0.15) is 0 Å². The summed E-state index contributed by atoms with van der Waals surface area (Å²) in [6, 6.07) is 0. The van der Waals surface area contributed by atoms with Gasteiger partial charge in [0.15, 0.2) is 12.6 Å². The predicted molar refractivity (Wildman–Crippen MR) is 73.2 cm³/mol. The largest absolute Gasteiger partial charge is 0.394 e. The fourth-order valence-electron chi connectivity index (χ4n) is 1.70. The number of aliphatic hydroxyl groups is 10. The molecule has 1 aliphatic heterocycles. The third-order valence-electron chi connectivity index (χ3n) is 3.29. The monoisotopic (exact) mass is 360 g/mol. The van der Waals surface area contributed by atoms with E-state index in [0.717, 1.165) is 0 Å². The Balaban J connectivity index is 0.000000441. The molecule has 144 valence electrons. The molecule has 1 heterocycles. The Bertz CT molecular complexity index is 350. The van der Waals surface area contributed by atoms with Gasteiger partial charge >= 0.3 is 0 Å². The van der Waals surface area contributed by atoms with Crippen LogP contribution in [0.15, 0.2) is 0 Å². The first-order chi connectivity index (χ1) is 11.1. The zero-order valence-electron chi connectivity index (χ0n) is 12.5. The van der Waals surface area contributed by atoms with Gasteiger partial charge in [-0.3, -0.25) is 0 Å². The Hall–Kier alpha value is -0.770. The molecule has 12 heteroatoms. The summed E-state index contributed by atoms with van der Waals surface area (Å²) >= 11 is 0. The molecule has 0 radical (unpaired) electrons. The van der Waals surface area contributed by atoms with Crippen LogP contribution in [-0.2, 0) is 9.53 Å². The first-order valence-electron chi connectivity index (χ1n) is 6.89. The number of carbonyl (C=O) groups excluding carboxylic acids is 1. The summed E-state index contributed by atoms with van der Waals surface area (Å²) in [5.74, 6) is 0. The van der Waals surface area contributed by atoms with E-state index in [4.69, 9.17) is 51.1 Å². The molecule has 0 amide bonds. The number of aldehydes is 1. The van der Waals surface area contributed by atoms with Crippen LogP contribution in [0.2, 0.25) is 0 Å². The number of rotatable bonds is 6. The van der Waals surface area contributed by atoms with Crippen molar-refractivity contribution in [2.24, 2.45) is 0 Å². The van der Waals surface area contributed by atoms with Gasteiger partial charge in [0, 0.05) is 0 Å². The fraction of sp³-hybridized carbons (Fsp3) is 0.917. The molecule has 1 rings (SSSR count). The molecule has 10 N–H and O–H groups in total. The van der Waals surface area contributed by atoms with E-state index < -0.39 is 68.3 Å². The normalized spacial score (nSPS) is 35.2. The highest BCUT2D eigenvalue weighted by Crippen LogP contribution is 2.19. The second-order valence-corrected chi connectivity index (χ2v) is 5.08. The summed E-state index contributed by atoms with van der Waals surface area (Å²) in [5.41, 5.74) is 0. The molecule has 0 saturated carbocycles. The molecule has 0 spiro atoms. The van der Waals surface area contributed by atoms with Gasteiger partial charge in [0.25, 0.3) is 0 Å². The molecule has 12 nitrogen and oxygen atoms in total. The Morgan fingerprint density at radius 2 is 1.42 bits per heavy atom. The highest BCUT2D eigenvalue weighted by atomic mass is 16.6. The zero-order chi connectivity index (χ0) is 19.0. The Labute approximate surface area is 136 Å². The summed E-state index contributed by atoms with van der Waals surface area (Å²) in [5, 5.41) is 88.2. The van der Waals surface area contributed by atoms with Gasteiger partial charge in [-0.25, -0.2) is 0 Å². The summed E-state index contributed by atoms with van der Waals surface area (Å²) < 4.78 is 4.58. The molecule has 9 atom stereocenters. The summed E-state index contributed by atoms with van der Waals surface area (Å²) in [7, 11) is 0. The van der Waals surface area contributed by atoms with E-state index in [-0.39, 0.29) is 6.29 Å². The van der Waals surface area contributed by atoms with Crippen LogP contribution >= 0.6 is 0 Å². The van der Waals surface area contributed by atoms with Crippen molar-refractivity contribution in [3.05, 3.63) is 0 Å². The van der Waals surface area contributed by atoms with Gasteiger partial charge in [0.05, 0.1) is 13.2 Å². The molecule has 1 aliphatic rings. The average molecular weight is 360 g/mol. The molecule has 1 fully saturated rings. The Morgan fingerprint density at radius 1 is 0.875 bits per heavy atom. The predicted octanol–water partition coefficient (Wildman–Crippen LogP) is -6.60. The van der Waals surface area contributed by atoms with Crippen molar-refractivity contribution in [2.75, 3.05) is 13.2 Å². The fourth-order valence-corrected chi connectivity index (χ4v) is 1.70. The average Bonchev–Trinajstić information content (AvgIpc) is 2.60. The highest BCUT2D eigenvalue weighted by Gasteiger charge is 2.42. The Morgan fingerprint density at radius 3 is 1.83 bits per heavy atom. The molecule has 0 aliphatic carbocycles. The van der Waals surface area contributed by atoms with Crippen LogP contribution < -0.4 is 0 Å². The quantitative estimate of drug-likeness (QED) is 0.199. The maximum Gasteiger partial charge on any atom is 0.184 e. The Kier molecular flexibility index (Phi) is 10.6. The van der Waals surface area contributed by atoms with Crippen molar-refractivity contribution in [1.29, 1.82) is 0 Å². The summed E-state index contributed by atoms with van der Waals surface area (Å²) in [6.07, 6.45) is -13.9. The molecule has 5 unspecified atom stereocenters. The second kappa shape index (κ2) is 11.0. The van der Waals surface area contributed by atoms with Crippen molar-refractivity contribution in [1.82, 2.24) is 0 Å². The van der Waals surface area contributed by atoms with Crippen molar-refractivity contribution in [2.45, 2.75) is 55.1 Å². The van der Waals surface area contributed by atoms with Crippen LogP contribution in [-0.4, -0.2) is 126 Å². The first-order valence-corrected chi connectivity index (χ1v) is 6.89. The minimum Gasteiger partial charge on any atom is -0.394 e. The molecule has 24 heavy (non-hydrogen) atoms. The van der Waals surface area contributed by atoms with Crippen LogP contribution in [0.3, 0.4) is 0 Å². The van der Waals surface area contributed by atoms with Gasteiger partial charge < -0.3 is 60.6 Å². The van der Waals surface area contributed by atoms with E-state index in [1.165, 1.54) is 0 Å². The van der Waals surface area contributed by atoms with Gasteiger partial charge in [-0.1, -0.05) is 0 Å². The minimum atomic E-state index is -1.79. The van der Waals surface area contributed by atoms with E-state index in [0.29, 0.717) is 0 Å². The van der Waals surface area contributed by atoms with Crippen LogP contribution in [0.25, 0.3) is 0 Å². The molecule has 1 saturated heterocycles. The summed E-state index contributed by atoms with van der Waals surface area (Å²) in [6.45, 7) is -1.29. The number of hydrogen-bond donors (Lipinski definition) is 10. The lowest BCUT2D eigenvalue weighted by atomic mass is 10.00. The van der Waals surface area contributed by atoms with Crippen molar-refractivity contribution in [3.8, 4) is 0 Å². The van der Waals surface area contributed by atoms with Gasteiger partial charge in [-0.05, 0) is 0 Å². The smallest absolute Gasteiger partial charge is 0.184 e. The maximum atomic E-state index is 9.90. The number of ether oxygens (including phenoxy) is 1. The standard InChI is InChI=1S/2C6H12O6/c7-1-2-3(8)4(9)5(10)6(11)12-2;7-1-3(9)5(11)6(12)4(10)2-8/h2-11H,1H2;1,3-6,8-12H,2H2/t;3-,4+,5+,6+/m.0/s1. The lowest BCUT2D eigenvalue weighted by molar-refractivity contribution is -0.286. The van der Waals surface area contributed by atoms with Gasteiger partial charge in [0.2, 0.25) is 0 Å². The molecular weight excluding hydrogens is 336 g/mol. The van der Waals surface area contributed by atoms with Crippen molar-refractivity contribution < 1.29 is 60.6 Å². The van der Waals surface area contributed by atoms with E-state index in [1.807, 2.05) is 0 Å². The molecule has 0 aromatic rings. The molecular formula is C12H24O12. The molecule has 0 bridgehead atoms. The third kappa shape index (κ3) is 6.27. The molecule has 0 aromatic heterocycles. The lowest BCUT2D eigenvalue weighted by Gasteiger charge is -2.37. The zero-order valence-corrected chi connectivity index (χ0v) is 12.5. The van der Waals surface area contributed by atoms with Crippen molar-refractivity contribution >= 4 is 6.29 Å². The first kappa shape index (κ1) is 23.2. The van der Waals surface area contributed by atoms with E-state index >= 15 is 0 Å². The maximum absolute atomic E-state index is 9.90. The van der Waals surface area contributed by atoms with Gasteiger partial charge in [0.1, 0.15) is 48.8 Å². The van der Waals surface area contributed by atoms with Gasteiger partial charge in [-0.15, -0.1) is 0 Å². The molecule has 0 aromatic carbocycles. The number of aliphatic hydroxyl groups excluding tert-OH is 10. The minimum absolute atomic E-state index is 0.0258. The van der Waals surface area contributed by atoms with E-state index in [9.17, 15) is 4.79 Å². The topological polar surface area (TPSA) is 229 Å². The number of carbonyl (C=O) groups is 1. The van der Waals surface area contributed by atoms with Crippen molar-refractivity contribution in [3.63, 3.8) is 0 Å². The summed E-state index contributed by atoms with van der Waals surface area (Å²) in [4.78, 5) is 9.90. The van der Waals surface area contributed by atoms with Crippen LogP contribution in [0.1, 0.15) is 0 Å². The number of hydrogen-bond acceptors (Lipinski definition) is 12. The second-order valence-electron chi connectivity index (χ2n) is 5.08. The van der Waals surface area contributed by atoms with Crippen LogP contribution in [0, 0.1) is 0 Å². The van der Waals surface area contributed by atoms with Crippen LogP contribution in [0.4, 0.5) is 0 Å².